The third kappa shape index (κ3) is 3.69. The molecule has 1 aromatic carbocycles. The van der Waals surface area contributed by atoms with Gasteiger partial charge in [-0.3, -0.25) is 10.1 Å². The highest BCUT2D eigenvalue weighted by molar-refractivity contribution is 5.88. The number of nitro groups is 1. The maximum absolute atomic E-state index is 11.0. The van der Waals surface area contributed by atoms with Crippen molar-refractivity contribution in [2.45, 2.75) is 37.7 Å². The highest BCUT2D eigenvalue weighted by Gasteiger charge is 2.31. The molecule has 1 fully saturated rings. The predicted molar refractivity (Wildman–Crippen MR) is 73.6 cm³/mol. The molecule has 0 saturated heterocycles. The van der Waals surface area contributed by atoms with Gasteiger partial charge in [0.15, 0.2) is 5.75 Å². The largest absolute Gasteiger partial charge is 0.484 e. The minimum Gasteiger partial charge on any atom is -0.484 e. The third-order valence-electron chi connectivity index (χ3n) is 3.68. The van der Waals surface area contributed by atoms with E-state index in [1.54, 1.807) is 0 Å². The second-order valence-corrected chi connectivity index (χ2v) is 5.32. The molecule has 0 spiro atoms. The zero-order chi connectivity index (χ0) is 15.5. The van der Waals surface area contributed by atoms with Gasteiger partial charge in [-0.05, 0) is 25.0 Å². The molecule has 0 aliphatic heterocycles. The molecule has 21 heavy (non-hydrogen) atoms. The lowest BCUT2D eigenvalue weighted by Crippen LogP contribution is -2.38. The van der Waals surface area contributed by atoms with E-state index in [0.717, 1.165) is 25.3 Å². The van der Waals surface area contributed by atoms with Gasteiger partial charge in [0, 0.05) is 6.07 Å². The maximum atomic E-state index is 11.0. The first kappa shape index (κ1) is 15.2. The van der Waals surface area contributed by atoms with Crippen molar-refractivity contribution < 1.29 is 24.7 Å². The van der Waals surface area contributed by atoms with Gasteiger partial charge in [-0.25, -0.2) is 4.79 Å². The maximum Gasteiger partial charge on any atom is 0.335 e. The van der Waals surface area contributed by atoms with E-state index in [9.17, 15) is 20.0 Å². The number of hydrogen-bond acceptors (Lipinski definition) is 5. The Balaban J connectivity index is 2.15. The molecule has 0 amide bonds. The molecular formula is C14H17NO6. The van der Waals surface area contributed by atoms with E-state index in [1.165, 1.54) is 12.1 Å². The summed E-state index contributed by atoms with van der Waals surface area (Å²) in [5.41, 5.74) is -1.54. The van der Waals surface area contributed by atoms with Crippen LogP contribution in [0.1, 0.15) is 42.5 Å². The van der Waals surface area contributed by atoms with Crippen LogP contribution >= 0.6 is 0 Å². The Morgan fingerprint density at radius 1 is 1.33 bits per heavy atom. The van der Waals surface area contributed by atoms with Crippen LogP contribution in [0, 0.1) is 10.1 Å². The van der Waals surface area contributed by atoms with Crippen LogP contribution in [0.3, 0.4) is 0 Å². The van der Waals surface area contributed by atoms with Gasteiger partial charge in [-0.1, -0.05) is 19.3 Å². The SMILES string of the molecule is O=C(O)c1ccc(OCC2(O)CCCCC2)c([N+](=O)[O-])c1. The number of aliphatic hydroxyl groups is 1. The van der Waals surface area contributed by atoms with E-state index < -0.39 is 22.2 Å². The topological polar surface area (TPSA) is 110 Å². The molecule has 0 atom stereocenters. The summed E-state index contributed by atoms with van der Waals surface area (Å²) in [6.45, 7) is -0.0275. The Bertz CT molecular complexity index is 550. The fourth-order valence-corrected chi connectivity index (χ4v) is 2.48. The lowest BCUT2D eigenvalue weighted by atomic mass is 9.85. The third-order valence-corrected chi connectivity index (χ3v) is 3.68. The number of ether oxygens (including phenoxy) is 1. The van der Waals surface area contributed by atoms with E-state index in [-0.39, 0.29) is 17.9 Å². The number of nitrogens with zero attached hydrogens (tertiary/aromatic N) is 1. The van der Waals surface area contributed by atoms with E-state index in [2.05, 4.69) is 0 Å². The van der Waals surface area contributed by atoms with Crippen LogP contribution in [0.25, 0.3) is 0 Å². The monoisotopic (exact) mass is 295 g/mol. The second-order valence-electron chi connectivity index (χ2n) is 5.32. The van der Waals surface area contributed by atoms with Gasteiger partial charge in [0.2, 0.25) is 0 Å². The molecule has 1 aromatic rings. The van der Waals surface area contributed by atoms with Crippen LogP contribution in [-0.4, -0.2) is 33.3 Å². The van der Waals surface area contributed by atoms with Crippen LogP contribution < -0.4 is 4.74 Å². The number of carbonyl (C=O) groups is 1. The summed E-state index contributed by atoms with van der Waals surface area (Å²) >= 11 is 0. The molecule has 7 nitrogen and oxygen atoms in total. The Morgan fingerprint density at radius 3 is 2.57 bits per heavy atom. The number of rotatable bonds is 5. The van der Waals surface area contributed by atoms with E-state index >= 15 is 0 Å². The summed E-state index contributed by atoms with van der Waals surface area (Å²) in [5.74, 6) is -1.26. The first-order valence-electron chi connectivity index (χ1n) is 6.78. The molecule has 0 unspecified atom stereocenters. The van der Waals surface area contributed by atoms with Crippen molar-refractivity contribution in [1.29, 1.82) is 0 Å². The second kappa shape index (κ2) is 6.09. The Kier molecular flexibility index (Phi) is 4.42. The molecule has 1 saturated carbocycles. The van der Waals surface area contributed by atoms with Gasteiger partial charge >= 0.3 is 11.7 Å². The molecule has 0 aromatic heterocycles. The molecular weight excluding hydrogens is 278 g/mol. The van der Waals surface area contributed by atoms with Gasteiger partial charge < -0.3 is 14.9 Å². The number of carboxylic acid groups (broad SMARTS) is 1. The molecule has 0 bridgehead atoms. The van der Waals surface area contributed by atoms with Crippen molar-refractivity contribution in [2.75, 3.05) is 6.61 Å². The van der Waals surface area contributed by atoms with Crippen LogP contribution in [0.4, 0.5) is 5.69 Å². The summed E-state index contributed by atoms with van der Waals surface area (Å²) in [6.07, 6.45) is 4.08. The van der Waals surface area contributed by atoms with Gasteiger partial charge in [0.25, 0.3) is 0 Å². The average molecular weight is 295 g/mol. The summed E-state index contributed by atoms with van der Waals surface area (Å²) in [7, 11) is 0. The smallest absolute Gasteiger partial charge is 0.335 e. The first-order chi connectivity index (χ1) is 9.91. The highest BCUT2D eigenvalue weighted by Crippen LogP contribution is 2.32. The van der Waals surface area contributed by atoms with Crippen molar-refractivity contribution >= 4 is 11.7 Å². The highest BCUT2D eigenvalue weighted by atomic mass is 16.6. The van der Waals surface area contributed by atoms with Crippen LogP contribution in [0.15, 0.2) is 18.2 Å². The van der Waals surface area contributed by atoms with Gasteiger partial charge in [-0.15, -0.1) is 0 Å². The predicted octanol–water partition coefficient (Wildman–Crippen LogP) is 2.37. The normalized spacial score (nSPS) is 17.2. The molecule has 2 N–H and O–H groups in total. The van der Waals surface area contributed by atoms with Crippen molar-refractivity contribution in [3.63, 3.8) is 0 Å². The molecule has 7 heteroatoms. The molecule has 1 aliphatic rings. The van der Waals surface area contributed by atoms with Crippen molar-refractivity contribution in [3.8, 4) is 5.75 Å². The number of aromatic carboxylic acids is 1. The molecule has 0 heterocycles. The summed E-state index contributed by atoms with van der Waals surface area (Å²) in [5, 5.41) is 30.2. The number of benzene rings is 1. The van der Waals surface area contributed by atoms with Gasteiger partial charge in [-0.2, -0.15) is 0 Å². The quantitative estimate of drug-likeness (QED) is 0.637. The van der Waals surface area contributed by atoms with Crippen LogP contribution in [0.2, 0.25) is 0 Å². The standard InChI is InChI=1S/C14H17NO6/c16-13(17)10-4-5-12(11(8-10)15(19)20)21-9-14(18)6-2-1-3-7-14/h4-5,8,18H,1-3,6-7,9H2,(H,16,17). The molecule has 1 aliphatic carbocycles. The summed E-state index contributed by atoms with van der Waals surface area (Å²) in [4.78, 5) is 21.1. The fourth-order valence-electron chi connectivity index (χ4n) is 2.48. The summed E-state index contributed by atoms with van der Waals surface area (Å²) in [6, 6.07) is 3.46. The van der Waals surface area contributed by atoms with Crippen molar-refractivity contribution in [2.24, 2.45) is 0 Å². The minimum absolute atomic E-state index is 0.0241. The minimum atomic E-state index is -1.24. The zero-order valence-electron chi connectivity index (χ0n) is 11.4. The number of nitro benzene ring substituents is 1. The lowest BCUT2D eigenvalue weighted by Gasteiger charge is -2.31. The number of hydrogen-bond donors (Lipinski definition) is 2. The molecule has 0 radical (unpaired) electrons. The van der Waals surface area contributed by atoms with E-state index in [1.807, 2.05) is 0 Å². The Hall–Kier alpha value is -2.15. The van der Waals surface area contributed by atoms with E-state index in [0.29, 0.717) is 12.8 Å². The fraction of sp³-hybridized carbons (Fsp3) is 0.500. The Morgan fingerprint density at radius 2 is 2.00 bits per heavy atom. The van der Waals surface area contributed by atoms with Crippen molar-refractivity contribution in [1.82, 2.24) is 0 Å². The average Bonchev–Trinajstić information content (AvgIpc) is 2.45. The zero-order valence-corrected chi connectivity index (χ0v) is 11.4. The Labute approximate surface area is 121 Å². The van der Waals surface area contributed by atoms with Crippen LogP contribution in [-0.2, 0) is 0 Å². The lowest BCUT2D eigenvalue weighted by molar-refractivity contribution is -0.386. The molecule has 2 rings (SSSR count). The molecule has 114 valence electrons. The van der Waals surface area contributed by atoms with Gasteiger partial charge in [0.05, 0.1) is 16.1 Å². The van der Waals surface area contributed by atoms with E-state index in [4.69, 9.17) is 9.84 Å². The number of carboxylic acids is 1. The first-order valence-corrected chi connectivity index (χ1v) is 6.78. The van der Waals surface area contributed by atoms with Gasteiger partial charge in [0.1, 0.15) is 6.61 Å². The summed E-state index contributed by atoms with van der Waals surface area (Å²) < 4.78 is 5.39. The van der Waals surface area contributed by atoms with Crippen LogP contribution in [0.5, 0.6) is 5.75 Å². The van der Waals surface area contributed by atoms with Crippen molar-refractivity contribution in [3.05, 3.63) is 33.9 Å².